The molecule has 9 heteroatoms. The van der Waals surface area contributed by atoms with Gasteiger partial charge in [0.25, 0.3) is 5.91 Å². The fourth-order valence-corrected chi connectivity index (χ4v) is 3.13. The van der Waals surface area contributed by atoms with E-state index in [1.807, 2.05) is 0 Å². The number of nitrogens with zero attached hydrogens (tertiary/aromatic N) is 1. The third kappa shape index (κ3) is 6.00. The number of carbonyl (C=O) groups excluding carboxylic acids is 1. The second kappa shape index (κ2) is 10.7. The number of benzene rings is 3. The van der Waals surface area contributed by atoms with Crippen molar-refractivity contribution < 1.29 is 24.2 Å². The largest absolute Gasteiger partial charge is 0.493 e. The Morgan fingerprint density at radius 1 is 1.06 bits per heavy atom. The maximum absolute atomic E-state index is 12.1. The van der Waals surface area contributed by atoms with Crippen LogP contribution in [0.2, 0.25) is 10.0 Å². The summed E-state index contributed by atoms with van der Waals surface area (Å²) in [6.45, 7) is 0.0990. The minimum Gasteiger partial charge on any atom is -0.493 e. The number of aromatic carboxylic acids is 1. The van der Waals surface area contributed by atoms with Gasteiger partial charge in [0, 0.05) is 10.6 Å². The van der Waals surface area contributed by atoms with E-state index in [-0.39, 0.29) is 23.1 Å². The van der Waals surface area contributed by atoms with E-state index in [0.717, 1.165) is 0 Å². The van der Waals surface area contributed by atoms with Crippen LogP contribution < -0.4 is 14.9 Å². The first-order chi connectivity index (χ1) is 15.4. The Kier molecular flexibility index (Phi) is 7.70. The zero-order chi connectivity index (χ0) is 23.1. The number of rotatable bonds is 8. The first-order valence-corrected chi connectivity index (χ1v) is 10.0. The monoisotopic (exact) mass is 472 g/mol. The number of nitrogens with one attached hydrogen (secondary N) is 1. The van der Waals surface area contributed by atoms with E-state index in [4.69, 9.17) is 37.8 Å². The van der Waals surface area contributed by atoms with E-state index >= 15 is 0 Å². The molecule has 0 aromatic heterocycles. The number of ether oxygens (including phenoxy) is 2. The summed E-state index contributed by atoms with van der Waals surface area (Å²) >= 11 is 12.2. The van der Waals surface area contributed by atoms with Gasteiger partial charge in [0.05, 0.1) is 23.9 Å². The molecule has 3 aromatic rings. The maximum atomic E-state index is 12.1. The summed E-state index contributed by atoms with van der Waals surface area (Å²) < 4.78 is 11.1. The molecule has 3 aromatic carbocycles. The number of hydrogen-bond acceptors (Lipinski definition) is 5. The number of hydrazone groups is 1. The summed E-state index contributed by atoms with van der Waals surface area (Å²) in [5.74, 6) is -0.747. The Hall–Kier alpha value is -3.55. The molecule has 2 N–H and O–H groups in total. The van der Waals surface area contributed by atoms with Gasteiger partial charge in [0.2, 0.25) is 0 Å². The quantitative estimate of drug-likeness (QED) is 0.353. The smallest absolute Gasteiger partial charge is 0.335 e. The Morgan fingerprint density at radius 3 is 2.50 bits per heavy atom. The summed E-state index contributed by atoms with van der Waals surface area (Å²) in [5.41, 5.74) is 4.24. The van der Waals surface area contributed by atoms with Gasteiger partial charge in [-0.15, -0.1) is 0 Å². The van der Waals surface area contributed by atoms with Gasteiger partial charge in [-0.1, -0.05) is 35.3 Å². The predicted octanol–water partition coefficient (Wildman–Crippen LogP) is 5.04. The Balaban J connectivity index is 1.69. The highest BCUT2D eigenvalue weighted by molar-refractivity contribution is 6.32. The molecule has 7 nitrogen and oxygen atoms in total. The Morgan fingerprint density at radius 2 is 1.81 bits per heavy atom. The summed E-state index contributed by atoms with van der Waals surface area (Å²) in [6, 6.07) is 16.1. The van der Waals surface area contributed by atoms with Crippen molar-refractivity contribution in [2.24, 2.45) is 5.10 Å². The van der Waals surface area contributed by atoms with Crippen LogP contribution in [-0.2, 0) is 6.61 Å². The predicted molar refractivity (Wildman–Crippen MR) is 122 cm³/mol. The fourth-order valence-electron chi connectivity index (χ4n) is 2.74. The summed E-state index contributed by atoms with van der Waals surface area (Å²) in [4.78, 5) is 23.2. The van der Waals surface area contributed by atoms with E-state index in [1.165, 1.54) is 25.5 Å². The van der Waals surface area contributed by atoms with E-state index in [9.17, 15) is 9.59 Å². The molecule has 3 rings (SSSR count). The molecular formula is C23H18Cl2N2O5. The molecule has 0 radical (unpaired) electrons. The van der Waals surface area contributed by atoms with Gasteiger partial charge in [-0.3, -0.25) is 4.79 Å². The minimum absolute atomic E-state index is 0.0990. The third-order valence-electron chi connectivity index (χ3n) is 4.30. The van der Waals surface area contributed by atoms with Crippen molar-refractivity contribution in [1.82, 2.24) is 5.43 Å². The van der Waals surface area contributed by atoms with Crippen molar-refractivity contribution in [3.63, 3.8) is 0 Å². The van der Waals surface area contributed by atoms with Crippen molar-refractivity contribution in [1.29, 1.82) is 0 Å². The van der Waals surface area contributed by atoms with Crippen LogP contribution in [0.4, 0.5) is 0 Å². The van der Waals surface area contributed by atoms with Gasteiger partial charge >= 0.3 is 5.97 Å². The van der Waals surface area contributed by atoms with Gasteiger partial charge in [-0.05, 0) is 59.7 Å². The third-order valence-corrected chi connectivity index (χ3v) is 4.83. The summed E-state index contributed by atoms with van der Waals surface area (Å²) in [5, 5.41) is 13.8. The summed E-state index contributed by atoms with van der Waals surface area (Å²) in [6.07, 6.45) is 1.42. The topological polar surface area (TPSA) is 97.2 Å². The maximum Gasteiger partial charge on any atom is 0.335 e. The normalized spacial score (nSPS) is 10.7. The lowest BCUT2D eigenvalue weighted by Crippen LogP contribution is -2.17. The standard InChI is InChI=1S/C23H18Cl2N2O5/c1-31-20-11-15(12-26-27-22(28)16-5-7-18(24)8-6-16)10-19(25)21(20)32-13-14-3-2-4-17(9-14)23(29)30/h2-12H,13H2,1H3,(H,27,28)(H,29,30)/b26-12-. The van der Waals surface area contributed by atoms with Crippen LogP contribution in [0.3, 0.4) is 0 Å². The Labute approximate surface area is 194 Å². The van der Waals surface area contributed by atoms with Crippen molar-refractivity contribution in [3.8, 4) is 11.5 Å². The first kappa shape index (κ1) is 23.1. The zero-order valence-corrected chi connectivity index (χ0v) is 18.4. The van der Waals surface area contributed by atoms with Crippen LogP contribution in [0.5, 0.6) is 11.5 Å². The molecule has 0 unspecified atom stereocenters. The molecular weight excluding hydrogens is 455 g/mol. The molecule has 0 bridgehead atoms. The van der Waals surface area contributed by atoms with Crippen LogP contribution in [-0.4, -0.2) is 30.3 Å². The summed E-state index contributed by atoms with van der Waals surface area (Å²) in [7, 11) is 1.47. The van der Waals surface area contributed by atoms with E-state index < -0.39 is 5.97 Å². The van der Waals surface area contributed by atoms with Gasteiger partial charge in [-0.25, -0.2) is 10.2 Å². The number of hydrogen-bond donors (Lipinski definition) is 2. The first-order valence-electron chi connectivity index (χ1n) is 9.29. The molecule has 0 spiro atoms. The molecule has 164 valence electrons. The fraction of sp³-hybridized carbons (Fsp3) is 0.0870. The number of carboxylic acid groups (broad SMARTS) is 1. The molecule has 0 aliphatic rings. The van der Waals surface area contributed by atoms with Crippen LogP contribution in [0.1, 0.15) is 31.8 Å². The van der Waals surface area contributed by atoms with Crippen LogP contribution in [0.25, 0.3) is 0 Å². The van der Waals surface area contributed by atoms with Crippen molar-refractivity contribution in [2.75, 3.05) is 7.11 Å². The highest BCUT2D eigenvalue weighted by Gasteiger charge is 2.13. The van der Waals surface area contributed by atoms with Crippen molar-refractivity contribution >= 4 is 41.3 Å². The zero-order valence-electron chi connectivity index (χ0n) is 16.8. The van der Waals surface area contributed by atoms with Gasteiger partial charge in [0.15, 0.2) is 11.5 Å². The number of carbonyl (C=O) groups is 2. The second-order valence-electron chi connectivity index (χ2n) is 6.53. The van der Waals surface area contributed by atoms with E-state index in [1.54, 1.807) is 48.5 Å². The van der Waals surface area contributed by atoms with Gasteiger partial charge < -0.3 is 14.6 Å². The number of halogens is 2. The molecule has 0 heterocycles. The van der Waals surface area contributed by atoms with E-state index in [0.29, 0.717) is 33.2 Å². The molecule has 1 amide bonds. The lowest BCUT2D eigenvalue weighted by atomic mass is 10.1. The number of carboxylic acids is 1. The van der Waals surface area contributed by atoms with Gasteiger partial charge in [-0.2, -0.15) is 5.10 Å². The van der Waals surface area contributed by atoms with Crippen LogP contribution in [0, 0.1) is 0 Å². The number of amides is 1. The highest BCUT2D eigenvalue weighted by atomic mass is 35.5. The molecule has 0 saturated carbocycles. The molecule has 0 fully saturated rings. The van der Waals surface area contributed by atoms with Crippen LogP contribution in [0.15, 0.2) is 65.8 Å². The highest BCUT2D eigenvalue weighted by Crippen LogP contribution is 2.36. The second-order valence-corrected chi connectivity index (χ2v) is 7.38. The molecule has 0 atom stereocenters. The SMILES string of the molecule is COc1cc(/C=N\NC(=O)c2ccc(Cl)cc2)cc(Cl)c1OCc1cccc(C(=O)O)c1. The lowest BCUT2D eigenvalue weighted by Gasteiger charge is -2.13. The average Bonchev–Trinajstić information content (AvgIpc) is 2.78. The average molecular weight is 473 g/mol. The van der Waals surface area contributed by atoms with Crippen molar-refractivity contribution in [3.05, 3.63) is 93.0 Å². The molecule has 0 aliphatic carbocycles. The number of methoxy groups -OCH3 is 1. The molecule has 0 saturated heterocycles. The van der Waals surface area contributed by atoms with Crippen LogP contribution >= 0.6 is 23.2 Å². The molecule has 32 heavy (non-hydrogen) atoms. The lowest BCUT2D eigenvalue weighted by molar-refractivity contribution is 0.0696. The Bertz CT molecular complexity index is 1160. The van der Waals surface area contributed by atoms with Gasteiger partial charge in [0.1, 0.15) is 6.61 Å². The minimum atomic E-state index is -1.02. The van der Waals surface area contributed by atoms with E-state index in [2.05, 4.69) is 10.5 Å². The molecule has 0 aliphatic heterocycles. The van der Waals surface area contributed by atoms with Crippen molar-refractivity contribution in [2.45, 2.75) is 6.61 Å².